The summed E-state index contributed by atoms with van der Waals surface area (Å²) in [5.41, 5.74) is 1.26. The number of nitrogens with zero attached hydrogens (tertiary/aromatic N) is 2. The summed E-state index contributed by atoms with van der Waals surface area (Å²) >= 11 is 3.54. The first-order valence-corrected chi connectivity index (χ1v) is 8.71. The third-order valence-electron chi connectivity index (χ3n) is 4.68. The van der Waals surface area contributed by atoms with E-state index in [4.69, 9.17) is 4.98 Å². The highest BCUT2D eigenvalue weighted by Crippen LogP contribution is 2.38. The molecule has 3 nitrogen and oxygen atoms in total. The monoisotopic (exact) mass is 337 g/mol. The fourth-order valence-electron chi connectivity index (χ4n) is 3.73. The minimum absolute atomic E-state index is 0.509. The van der Waals surface area contributed by atoms with Crippen LogP contribution in [0.2, 0.25) is 0 Å². The van der Waals surface area contributed by atoms with Gasteiger partial charge in [0.05, 0.1) is 11.7 Å². The summed E-state index contributed by atoms with van der Waals surface area (Å²) in [5.74, 6) is 0.781. The number of nitrogens with one attached hydrogen (secondary N) is 1. The molecule has 1 saturated heterocycles. The highest BCUT2D eigenvalue weighted by atomic mass is 79.9. The molecule has 2 fully saturated rings. The molecule has 20 heavy (non-hydrogen) atoms. The maximum absolute atomic E-state index is 4.78. The van der Waals surface area contributed by atoms with Crippen molar-refractivity contribution in [3.63, 3.8) is 0 Å². The van der Waals surface area contributed by atoms with Gasteiger partial charge in [-0.2, -0.15) is 0 Å². The molecule has 0 bridgehead atoms. The van der Waals surface area contributed by atoms with Crippen molar-refractivity contribution in [3.05, 3.63) is 28.5 Å². The third kappa shape index (κ3) is 3.41. The van der Waals surface area contributed by atoms with Crippen molar-refractivity contribution < 1.29 is 0 Å². The number of hydrogen-bond donors (Lipinski definition) is 1. The lowest BCUT2D eigenvalue weighted by Crippen LogP contribution is -2.47. The van der Waals surface area contributed by atoms with Crippen molar-refractivity contribution in [3.8, 4) is 0 Å². The molecule has 3 rings (SSSR count). The molecule has 1 aromatic heterocycles. The van der Waals surface area contributed by atoms with Gasteiger partial charge in [0.25, 0.3) is 0 Å². The van der Waals surface area contributed by atoms with Crippen molar-refractivity contribution in [2.24, 2.45) is 5.92 Å². The molecule has 0 radical (unpaired) electrons. The first-order chi connectivity index (χ1) is 9.84. The second-order valence-corrected chi connectivity index (χ2v) is 6.83. The van der Waals surface area contributed by atoms with Crippen molar-refractivity contribution >= 4 is 15.9 Å². The van der Waals surface area contributed by atoms with Crippen LogP contribution in [0.4, 0.5) is 0 Å². The summed E-state index contributed by atoms with van der Waals surface area (Å²) in [4.78, 5) is 7.43. The van der Waals surface area contributed by atoms with Crippen LogP contribution in [0.15, 0.2) is 22.8 Å². The maximum atomic E-state index is 4.78. The van der Waals surface area contributed by atoms with E-state index in [1.54, 1.807) is 0 Å². The number of halogens is 1. The smallest absolute Gasteiger partial charge is 0.106 e. The summed E-state index contributed by atoms with van der Waals surface area (Å²) in [6.07, 6.45) is 6.92. The number of rotatable bonds is 3. The SMILES string of the molecule is Brc1cccc([C@H](C2CCCCC2)N2CCNCC2)n1. The normalized spacial score (nSPS) is 23.6. The van der Waals surface area contributed by atoms with Crippen LogP contribution in [0.25, 0.3) is 0 Å². The minimum Gasteiger partial charge on any atom is -0.314 e. The van der Waals surface area contributed by atoms with Gasteiger partial charge in [0, 0.05) is 26.2 Å². The lowest BCUT2D eigenvalue weighted by atomic mass is 9.81. The molecule has 1 saturated carbocycles. The van der Waals surface area contributed by atoms with Gasteiger partial charge in [-0.25, -0.2) is 4.98 Å². The van der Waals surface area contributed by atoms with Gasteiger partial charge in [0.15, 0.2) is 0 Å². The van der Waals surface area contributed by atoms with Crippen LogP contribution in [-0.2, 0) is 0 Å². The Morgan fingerprint density at radius 2 is 1.90 bits per heavy atom. The number of hydrogen-bond acceptors (Lipinski definition) is 3. The van der Waals surface area contributed by atoms with Crippen molar-refractivity contribution in [1.29, 1.82) is 0 Å². The molecule has 1 aromatic rings. The van der Waals surface area contributed by atoms with Gasteiger partial charge in [-0.05, 0) is 46.8 Å². The molecule has 1 aliphatic heterocycles. The first-order valence-electron chi connectivity index (χ1n) is 7.92. The summed E-state index contributed by atoms with van der Waals surface area (Å²) in [6, 6.07) is 6.88. The maximum Gasteiger partial charge on any atom is 0.106 e. The fourth-order valence-corrected chi connectivity index (χ4v) is 4.08. The lowest BCUT2D eigenvalue weighted by Gasteiger charge is -2.40. The van der Waals surface area contributed by atoms with Gasteiger partial charge in [-0.15, -0.1) is 0 Å². The standard InChI is InChI=1S/C16H24BrN3/c17-15-8-4-7-14(19-15)16(13-5-2-1-3-6-13)20-11-9-18-10-12-20/h4,7-8,13,16,18H,1-3,5-6,9-12H2/t16-/m0/s1. The molecule has 1 aliphatic carbocycles. The number of aromatic nitrogens is 1. The average Bonchev–Trinajstić information content (AvgIpc) is 2.50. The van der Waals surface area contributed by atoms with Crippen LogP contribution < -0.4 is 5.32 Å². The topological polar surface area (TPSA) is 28.2 Å². The Labute approximate surface area is 130 Å². The van der Waals surface area contributed by atoms with Gasteiger partial charge in [0.1, 0.15) is 4.60 Å². The lowest BCUT2D eigenvalue weighted by molar-refractivity contribution is 0.100. The van der Waals surface area contributed by atoms with Crippen molar-refractivity contribution in [2.45, 2.75) is 38.1 Å². The van der Waals surface area contributed by atoms with E-state index in [2.05, 4.69) is 38.3 Å². The number of piperazine rings is 1. The van der Waals surface area contributed by atoms with E-state index < -0.39 is 0 Å². The Kier molecular flexibility index (Phi) is 5.08. The molecule has 0 amide bonds. The summed E-state index contributed by atoms with van der Waals surface area (Å²) in [7, 11) is 0. The van der Waals surface area contributed by atoms with E-state index in [-0.39, 0.29) is 0 Å². The molecule has 2 heterocycles. The quantitative estimate of drug-likeness (QED) is 0.857. The molecule has 110 valence electrons. The molecule has 2 aliphatic rings. The predicted molar refractivity (Wildman–Crippen MR) is 85.7 cm³/mol. The van der Waals surface area contributed by atoms with Crippen LogP contribution in [0.3, 0.4) is 0 Å². The minimum atomic E-state index is 0.509. The zero-order valence-corrected chi connectivity index (χ0v) is 13.6. The third-order valence-corrected chi connectivity index (χ3v) is 5.12. The molecule has 0 aromatic carbocycles. The van der Waals surface area contributed by atoms with E-state index in [1.165, 1.54) is 37.8 Å². The van der Waals surface area contributed by atoms with Gasteiger partial charge in [-0.1, -0.05) is 25.3 Å². The Hall–Kier alpha value is -0.450. The largest absolute Gasteiger partial charge is 0.314 e. The molecule has 0 unspecified atom stereocenters. The molecule has 1 N–H and O–H groups in total. The van der Waals surface area contributed by atoms with E-state index in [9.17, 15) is 0 Å². The Balaban J connectivity index is 1.85. The summed E-state index contributed by atoms with van der Waals surface area (Å²) < 4.78 is 0.964. The van der Waals surface area contributed by atoms with E-state index >= 15 is 0 Å². The van der Waals surface area contributed by atoms with Crippen LogP contribution in [0.5, 0.6) is 0 Å². The van der Waals surface area contributed by atoms with Crippen LogP contribution in [0.1, 0.15) is 43.8 Å². The van der Waals surface area contributed by atoms with Crippen LogP contribution in [0, 0.1) is 5.92 Å². The van der Waals surface area contributed by atoms with Gasteiger partial charge in [-0.3, -0.25) is 4.90 Å². The zero-order chi connectivity index (χ0) is 13.8. The fraction of sp³-hybridized carbons (Fsp3) is 0.688. The molecule has 4 heteroatoms. The molecule has 1 atom stereocenters. The molecule has 0 spiro atoms. The van der Waals surface area contributed by atoms with Crippen LogP contribution in [-0.4, -0.2) is 36.1 Å². The zero-order valence-electron chi connectivity index (χ0n) is 12.0. The second kappa shape index (κ2) is 7.01. The molecular formula is C16H24BrN3. The van der Waals surface area contributed by atoms with Gasteiger partial charge in [0.2, 0.25) is 0 Å². The summed E-state index contributed by atoms with van der Waals surface area (Å²) in [6.45, 7) is 4.51. The Bertz CT molecular complexity index is 407. The van der Waals surface area contributed by atoms with Crippen LogP contribution >= 0.6 is 15.9 Å². The molecular weight excluding hydrogens is 314 g/mol. The summed E-state index contributed by atoms with van der Waals surface area (Å²) in [5, 5.41) is 3.46. The predicted octanol–water partition coefficient (Wildman–Crippen LogP) is 3.37. The Morgan fingerprint density at radius 3 is 2.60 bits per heavy atom. The van der Waals surface area contributed by atoms with Gasteiger partial charge >= 0.3 is 0 Å². The second-order valence-electron chi connectivity index (χ2n) is 6.01. The van der Waals surface area contributed by atoms with Crippen molar-refractivity contribution in [1.82, 2.24) is 15.2 Å². The highest BCUT2D eigenvalue weighted by molar-refractivity contribution is 9.10. The Morgan fingerprint density at radius 1 is 1.15 bits per heavy atom. The highest BCUT2D eigenvalue weighted by Gasteiger charge is 2.31. The average molecular weight is 338 g/mol. The number of pyridine rings is 1. The van der Waals surface area contributed by atoms with E-state index in [0.717, 1.165) is 36.7 Å². The van der Waals surface area contributed by atoms with Gasteiger partial charge < -0.3 is 5.32 Å². The van der Waals surface area contributed by atoms with E-state index in [0.29, 0.717) is 6.04 Å². The first kappa shape index (κ1) is 14.5. The van der Waals surface area contributed by atoms with E-state index in [1.807, 2.05) is 6.07 Å². The van der Waals surface area contributed by atoms with Crippen molar-refractivity contribution in [2.75, 3.05) is 26.2 Å².